The van der Waals surface area contributed by atoms with E-state index in [0.717, 1.165) is 11.3 Å². The Morgan fingerprint density at radius 3 is 2.70 bits per heavy atom. The van der Waals surface area contributed by atoms with Crippen molar-refractivity contribution in [2.24, 2.45) is 5.92 Å². The molecule has 162 valence electrons. The summed E-state index contributed by atoms with van der Waals surface area (Å²) in [7, 11) is 0. The lowest BCUT2D eigenvalue weighted by molar-refractivity contribution is -0.140. The van der Waals surface area contributed by atoms with Gasteiger partial charge in [-0.15, -0.1) is 10.2 Å². The molecule has 1 saturated heterocycles. The minimum absolute atomic E-state index is 0.0286. The van der Waals surface area contributed by atoms with Crippen molar-refractivity contribution in [3.63, 3.8) is 0 Å². The standard InChI is InChI=1S/C17H17ClF3N5O3S/c18-11-1-3-12(4-2-11)29-8-13-24-25-15(30-13)23-16(28)26-6-5-10(7-26)14(27)22-9-17(19,20)21/h1-4,10H,5-9H2,(H,22,27)(H,23,25,28). The van der Waals surface area contributed by atoms with Crippen molar-refractivity contribution in [2.45, 2.75) is 19.2 Å². The van der Waals surface area contributed by atoms with Gasteiger partial charge in [-0.05, 0) is 30.7 Å². The number of carbonyl (C=O) groups excluding carboxylic acids is 2. The summed E-state index contributed by atoms with van der Waals surface area (Å²) in [6.45, 7) is -0.956. The smallest absolute Gasteiger partial charge is 0.405 e. The monoisotopic (exact) mass is 463 g/mol. The highest BCUT2D eigenvalue weighted by molar-refractivity contribution is 7.15. The van der Waals surface area contributed by atoms with Crippen LogP contribution in [-0.2, 0) is 11.4 Å². The molecule has 8 nitrogen and oxygen atoms in total. The molecule has 2 aromatic rings. The van der Waals surface area contributed by atoms with Gasteiger partial charge >= 0.3 is 12.2 Å². The molecule has 1 atom stereocenters. The van der Waals surface area contributed by atoms with Gasteiger partial charge in [0.1, 0.15) is 18.9 Å². The summed E-state index contributed by atoms with van der Waals surface area (Å²) in [5.41, 5.74) is 0. The highest BCUT2D eigenvalue weighted by Crippen LogP contribution is 2.22. The van der Waals surface area contributed by atoms with Gasteiger partial charge < -0.3 is 15.0 Å². The lowest BCUT2D eigenvalue weighted by Gasteiger charge is -2.16. The zero-order valence-corrected chi connectivity index (χ0v) is 17.0. The number of rotatable bonds is 6. The Labute approximate surface area is 178 Å². The lowest BCUT2D eigenvalue weighted by atomic mass is 10.1. The normalized spacial score (nSPS) is 16.4. The van der Waals surface area contributed by atoms with Crippen LogP contribution in [0.3, 0.4) is 0 Å². The van der Waals surface area contributed by atoms with E-state index in [4.69, 9.17) is 16.3 Å². The fourth-order valence-corrected chi connectivity index (χ4v) is 3.47. The maximum absolute atomic E-state index is 12.3. The number of amides is 3. The zero-order chi connectivity index (χ0) is 21.7. The maximum atomic E-state index is 12.3. The first kappa shape index (κ1) is 22.1. The molecule has 1 aliphatic heterocycles. The van der Waals surface area contributed by atoms with E-state index in [2.05, 4.69) is 15.5 Å². The van der Waals surface area contributed by atoms with Gasteiger partial charge in [0.25, 0.3) is 0 Å². The number of likely N-dealkylation sites (tertiary alicyclic amines) is 1. The molecule has 0 spiro atoms. The van der Waals surface area contributed by atoms with Crippen LogP contribution in [0.1, 0.15) is 11.4 Å². The third-order valence-electron chi connectivity index (χ3n) is 4.17. The number of aromatic nitrogens is 2. The van der Waals surface area contributed by atoms with Crippen molar-refractivity contribution in [2.75, 3.05) is 25.0 Å². The summed E-state index contributed by atoms with van der Waals surface area (Å²) >= 11 is 6.93. The first-order chi connectivity index (χ1) is 14.2. The molecule has 30 heavy (non-hydrogen) atoms. The molecule has 1 fully saturated rings. The highest BCUT2D eigenvalue weighted by Gasteiger charge is 2.34. The maximum Gasteiger partial charge on any atom is 0.405 e. The van der Waals surface area contributed by atoms with Gasteiger partial charge in [-0.1, -0.05) is 22.9 Å². The fourth-order valence-electron chi connectivity index (χ4n) is 2.70. The van der Waals surface area contributed by atoms with E-state index in [1.54, 1.807) is 24.3 Å². The Morgan fingerprint density at radius 1 is 1.27 bits per heavy atom. The van der Waals surface area contributed by atoms with Crippen LogP contribution >= 0.6 is 22.9 Å². The number of carbonyl (C=O) groups is 2. The Balaban J connectivity index is 1.45. The summed E-state index contributed by atoms with van der Waals surface area (Å²) in [4.78, 5) is 25.5. The largest absolute Gasteiger partial charge is 0.486 e. The quantitative estimate of drug-likeness (QED) is 0.685. The third kappa shape index (κ3) is 6.46. The van der Waals surface area contributed by atoms with Crippen molar-refractivity contribution in [1.29, 1.82) is 0 Å². The predicted molar refractivity (Wildman–Crippen MR) is 103 cm³/mol. The van der Waals surface area contributed by atoms with Gasteiger partial charge in [-0.2, -0.15) is 13.2 Å². The second kappa shape index (κ2) is 9.47. The number of benzene rings is 1. The van der Waals surface area contributed by atoms with Gasteiger partial charge in [0, 0.05) is 18.1 Å². The second-order valence-electron chi connectivity index (χ2n) is 6.44. The van der Waals surface area contributed by atoms with E-state index < -0.39 is 30.6 Å². The van der Waals surface area contributed by atoms with Crippen LogP contribution in [0.5, 0.6) is 5.75 Å². The van der Waals surface area contributed by atoms with Crippen molar-refractivity contribution in [1.82, 2.24) is 20.4 Å². The molecule has 2 heterocycles. The van der Waals surface area contributed by atoms with E-state index in [1.807, 2.05) is 5.32 Å². The third-order valence-corrected chi connectivity index (χ3v) is 5.23. The van der Waals surface area contributed by atoms with E-state index in [0.29, 0.717) is 15.8 Å². The molecule has 3 amide bonds. The summed E-state index contributed by atoms with van der Waals surface area (Å²) in [5, 5.41) is 13.6. The van der Waals surface area contributed by atoms with E-state index in [9.17, 15) is 22.8 Å². The highest BCUT2D eigenvalue weighted by atomic mass is 35.5. The summed E-state index contributed by atoms with van der Waals surface area (Å²) in [5.74, 6) is -0.803. The molecule has 0 radical (unpaired) electrons. The molecular weight excluding hydrogens is 447 g/mol. The molecule has 1 aromatic carbocycles. The van der Waals surface area contributed by atoms with Gasteiger partial charge in [-0.3, -0.25) is 10.1 Å². The summed E-state index contributed by atoms with van der Waals surface area (Å²) < 4.78 is 42.2. The van der Waals surface area contributed by atoms with Gasteiger partial charge in [-0.25, -0.2) is 4.79 Å². The Bertz CT molecular complexity index is 894. The average Bonchev–Trinajstić information content (AvgIpc) is 3.35. The van der Waals surface area contributed by atoms with E-state index in [1.165, 1.54) is 4.90 Å². The molecular formula is C17H17ClF3N5O3S. The SMILES string of the molecule is O=C(NCC(F)(F)F)C1CCN(C(=O)Nc2nnc(COc3ccc(Cl)cc3)s2)C1. The van der Waals surface area contributed by atoms with Crippen LogP contribution in [0.4, 0.5) is 23.1 Å². The molecule has 1 unspecified atom stereocenters. The number of ether oxygens (including phenoxy) is 1. The van der Waals surface area contributed by atoms with Crippen molar-refractivity contribution in [3.05, 3.63) is 34.3 Å². The number of anilines is 1. The number of alkyl halides is 3. The molecule has 0 saturated carbocycles. The van der Waals surface area contributed by atoms with E-state index in [-0.39, 0.29) is 31.2 Å². The molecule has 2 N–H and O–H groups in total. The van der Waals surface area contributed by atoms with Gasteiger partial charge in [0.05, 0.1) is 5.92 Å². The second-order valence-corrected chi connectivity index (χ2v) is 7.94. The van der Waals surface area contributed by atoms with Crippen LogP contribution in [0, 0.1) is 5.92 Å². The van der Waals surface area contributed by atoms with Crippen molar-refractivity contribution in [3.8, 4) is 5.75 Å². The number of urea groups is 1. The molecule has 3 rings (SSSR count). The van der Waals surface area contributed by atoms with Crippen LogP contribution in [0.25, 0.3) is 0 Å². The Morgan fingerprint density at radius 2 is 2.00 bits per heavy atom. The first-order valence-corrected chi connectivity index (χ1v) is 10.0. The van der Waals surface area contributed by atoms with Crippen molar-refractivity contribution < 1.29 is 27.5 Å². The van der Waals surface area contributed by atoms with Crippen LogP contribution in [0.2, 0.25) is 5.02 Å². The zero-order valence-electron chi connectivity index (χ0n) is 15.4. The molecule has 1 aromatic heterocycles. The Hall–Kier alpha value is -2.60. The van der Waals surface area contributed by atoms with E-state index >= 15 is 0 Å². The van der Waals surface area contributed by atoms with Crippen LogP contribution in [0.15, 0.2) is 24.3 Å². The number of hydrogen-bond acceptors (Lipinski definition) is 6. The van der Waals surface area contributed by atoms with Crippen LogP contribution in [-0.4, -0.2) is 52.8 Å². The predicted octanol–water partition coefficient (Wildman–Crippen LogP) is 3.30. The summed E-state index contributed by atoms with van der Waals surface area (Å²) in [6, 6.07) is 6.30. The Kier molecular flexibility index (Phi) is 6.98. The molecule has 0 bridgehead atoms. The summed E-state index contributed by atoms with van der Waals surface area (Å²) in [6.07, 6.45) is -4.19. The fraction of sp³-hybridized carbons (Fsp3) is 0.412. The van der Waals surface area contributed by atoms with Gasteiger partial charge in [0.2, 0.25) is 11.0 Å². The average molecular weight is 464 g/mol. The minimum Gasteiger partial charge on any atom is -0.486 e. The number of halogens is 4. The molecule has 0 aliphatic carbocycles. The first-order valence-electron chi connectivity index (χ1n) is 8.81. The molecule has 13 heteroatoms. The van der Waals surface area contributed by atoms with Gasteiger partial charge in [0.15, 0.2) is 5.01 Å². The number of hydrogen-bond donors (Lipinski definition) is 2. The topological polar surface area (TPSA) is 96.5 Å². The van der Waals surface area contributed by atoms with Crippen molar-refractivity contribution >= 4 is 40.0 Å². The molecule has 1 aliphatic rings. The van der Waals surface area contributed by atoms with Crippen LogP contribution < -0.4 is 15.4 Å². The number of nitrogens with zero attached hydrogens (tertiary/aromatic N) is 3. The minimum atomic E-state index is -4.47. The lowest BCUT2D eigenvalue weighted by Crippen LogP contribution is -2.39. The number of nitrogens with one attached hydrogen (secondary N) is 2.